The Bertz CT molecular complexity index is 899. The molecule has 1 fully saturated rings. The van der Waals surface area contributed by atoms with Crippen LogP contribution < -0.4 is 0 Å². The van der Waals surface area contributed by atoms with Crippen molar-refractivity contribution in [2.24, 2.45) is 4.99 Å². The van der Waals surface area contributed by atoms with E-state index < -0.39 is 0 Å². The largest absolute Gasteiger partial charge is 0.380 e. The van der Waals surface area contributed by atoms with E-state index in [1.54, 1.807) is 17.0 Å². The Balaban J connectivity index is 1.88. The van der Waals surface area contributed by atoms with Gasteiger partial charge in [0.15, 0.2) is 5.17 Å². The number of hydrogen-bond donors (Lipinski definition) is 0. The standard InChI is InChI=1S/C21H19N3O2S/c1-2-26-13-12-24-20(25)19(14-16-8-10-17(15-22)11-9-16)27-21(24)23-18-6-4-3-5-7-18/h3-11,14H,2,12-13H2,1H3/b19-14-,23-21?. The molecule has 1 heterocycles. The second-order valence-electron chi connectivity index (χ2n) is 5.73. The summed E-state index contributed by atoms with van der Waals surface area (Å²) in [6.45, 7) is 3.45. The maximum Gasteiger partial charge on any atom is 0.266 e. The Morgan fingerprint density at radius 3 is 2.59 bits per heavy atom. The van der Waals surface area contributed by atoms with E-state index in [1.165, 1.54) is 11.8 Å². The first-order valence-corrected chi connectivity index (χ1v) is 9.46. The fourth-order valence-electron chi connectivity index (χ4n) is 2.51. The number of rotatable bonds is 6. The van der Waals surface area contributed by atoms with Gasteiger partial charge in [0.25, 0.3) is 5.91 Å². The number of nitrogens with zero attached hydrogens (tertiary/aromatic N) is 3. The minimum Gasteiger partial charge on any atom is -0.380 e. The van der Waals surface area contributed by atoms with Crippen LogP contribution in [0.5, 0.6) is 0 Å². The van der Waals surface area contributed by atoms with Gasteiger partial charge in [-0.1, -0.05) is 30.3 Å². The van der Waals surface area contributed by atoms with Gasteiger partial charge in [0, 0.05) is 6.61 Å². The number of benzene rings is 2. The Hall–Kier alpha value is -2.88. The number of amides is 1. The summed E-state index contributed by atoms with van der Waals surface area (Å²) in [6, 6.07) is 18.8. The third-order valence-corrected chi connectivity index (χ3v) is 4.88. The number of para-hydroxylation sites is 1. The fourth-order valence-corrected chi connectivity index (χ4v) is 3.53. The Morgan fingerprint density at radius 1 is 1.19 bits per heavy atom. The third kappa shape index (κ3) is 4.85. The van der Waals surface area contributed by atoms with Gasteiger partial charge in [0.1, 0.15) is 0 Å². The topological polar surface area (TPSA) is 65.7 Å². The van der Waals surface area contributed by atoms with E-state index in [2.05, 4.69) is 11.1 Å². The highest BCUT2D eigenvalue weighted by Gasteiger charge is 2.33. The summed E-state index contributed by atoms with van der Waals surface area (Å²) in [7, 11) is 0. The van der Waals surface area contributed by atoms with Crippen LogP contribution in [-0.2, 0) is 9.53 Å². The van der Waals surface area contributed by atoms with E-state index >= 15 is 0 Å². The van der Waals surface area contributed by atoms with Crippen molar-refractivity contribution < 1.29 is 9.53 Å². The number of carbonyl (C=O) groups is 1. The number of nitriles is 1. The molecule has 0 spiro atoms. The molecule has 0 aliphatic carbocycles. The van der Waals surface area contributed by atoms with Crippen LogP contribution in [0.3, 0.4) is 0 Å². The molecule has 0 bridgehead atoms. The lowest BCUT2D eigenvalue weighted by molar-refractivity contribution is -0.122. The number of hydrogen-bond acceptors (Lipinski definition) is 5. The molecule has 27 heavy (non-hydrogen) atoms. The van der Waals surface area contributed by atoms with E-state index in [0.29, 0.717) is 35.4 Å². The van der Waals surface area contributed by atoms with Crippen molar-refractivity contribution in [2.45, 2.75) is 6.92 Å². The SMILES string of the molecule is CCOCCN1C(=O)/C(=C/c2ccc(C#N)cc2)SC1=Nc1ccccc1. The molecule has 5 nitrogen and oxygen atoms in total. The van der Waals surface area contributed by atoms with Crippen molar-refractivity contribution in [3.05, 3.63) is 70.6 Å². The second kappa shape index (κ2) is 9.17. The van der Waals surface area contributed by atoms with Gasteiger partial charge in [-0.2, -0.15) is 5.26 Å². The molecule has 0 unspecified atom stereocenters. The molecule has 0 atom stereocenters. The van der Waals surface area contributed by atoms with Gasteiger partial charge >= 0.3 is 0 Å². The van der Waals surface area contributed by atoms with Gasteiger partial charge in [-0.3, -0.25) is 9.69 Å². The van der Waals surface area contributed by atoms with Crippen molar-refractivity contribution in [3.8, 4) is 6.07 Å². The van der Waals surface area contributed by atoms with Gasteiger partial charge in [-0.25, -0.2) is 4.99 Å². The average Bonchev–Trinajstić information content (AvgIpc) is 2.98. The molecule has 3 rings (SSSR count). The van der Waals surface area contributed by atoms with Crippen LogP contribution in [0.25, 0.3) is 6.08 Å². The molecule has 1 saturated heterocycles. The molecule has 136 valence electrons. The van der Waals surface area contributed by atoms with Crippen molar-refractivity contribution in [3.63, 3.8) is 0 Å². The molecule has 0 saturated carbocycles. The van der Waals surface area contributed by atoms with Crippen LogP contribution in [0.15, 0.2) is 64.5 Å². The third-order valence-electron chi connectivity index (χ3n) is 3.87. The summed E-state index contributed by atoms with van der Waals surface area (Å²) in [4.78, 5) is 19.8. The molecule has 1 aliphatic heterocycles. The zero-order chi connectivity index (χ0) is 19.1. The number of aliphatic imine (C=N–C) groups is 1. The van der Waals surface area contributed by atoms with E-state index in [4.69, 9.17) is 10.00 Å². The maximum atomic E-state index is 12.9. The summed E-state index contributed by atoms with van der Waals surface area (Å²) >= 11 is 1.35. The molecule has 6 heteroatoms. The van der Waals surface area contributed by atoms with Crippen LogP contribution in [0.1, 0.15) is 18.1 Å². The molecule has 1 amide bonds. The summed E-state index contributed by atoms with van der Waals surface area (Å²) in [6.07, 6.45) is 1.83. The maximum absolute atomic E-state index is 12.9. The van der Waals surface area contributed by atoms with E-state index in [-0.39, 0.29) is 5.91 Å². The summed E-state index contributed by atoms with van der Waals surface area (Å²) in [5.74, 6) is -0.0845. The highest BCUT2D eigenvalue weighted by atomic mass is 32.2. The highest BCUT2D eigenvalue weighted by molar-refractivity contribution is 8.18. The Labute approximate surface area is 163 Å². The first-order valence-electron chi connectivity index (χ1n) is 8.64. The van der Waals surface area contributed by atoms with Gasteiger partial charge in [-0.05, 0) is 54.6 Å². The molecular formula is C21H19N3O2S. The minimum atomic E-state index is -0.0845. The van der Waals surface area contributed by atoms with E-state index in [1.807, 2.05) is 55.5 Å². The Kier molecular flexibility index (Phi) is 6.42. The zero-order valence-corrected chi connectivity index (χ0v) is 15.8. The first-order chi connectivity index (χ1) is 13.2. The predicted octanol–water partition coefficient (Wildman–Crippen LogP) is 4.20. The monoisotopic (exact) mass is 377 g/mol. The predicted molar refractivity (Wildman–Crippen MR) is 108 cm³/mol. The lowest BCUT2D eigenvalue weighted by atomic mass is 10.1. The van der Waals surface area contributed by atoms with Crippen molar-refractivity contribution >= 4 is 34.6 Å². The number of ether oxygens (including phenoxy) is 1. The second-order valence-corrected chi connectivity index (χ2v) is 6.74. The molecular weight excluding hydrogens is 358 g/mol. The molecule has 0 N–H and O–H groups in total. The normalized spacial score (nSPS) is 16.9. The molecule has 0 aromatic heterocycles. The summed E-state index contributed by atoms with van der Waals surface area (Å²) in [5, 5.41) is 9.55. The lowest BCUT2D eigenvalue weighted by Crippen LogP contribution is -2.32. The van der Waals surface area contributed by atoms with E-state index in [9.17, 15) is 4.79 Å². The van der Waals surface area contributed by atoms with Crippen molar-refractivity contribution in [1.29, 1.82) is 5.26 Å². The zero-order valence-electron chi connectivity index (χ0n) is 15.0. The average molecular weight is 377 g/mol. The molecule has 2 aromatic carbocycles. The van der Waals surface area contributed by atoms with Crippen LogP contribution in [-0.4, -0.2) is 35.7 Å². The molecule has 2 aromatic rings. The minimum absolute atomic E-state index is 0.0845. The molecule has 1 aliphatic rings. The number of amidine groups is 1. The van der Waals surface area contributed by atoms with E-state index in [0.717, 1.165) is 11.3 Å². The quantitative estimate of drug-likeness (QED) is 0.559. The summed E-state index contributed by atoms with van der Waals surface area (Å²) < 4.78 is 5.41. The van der Waals surface area contributed by atoms with Gasteiger partial charge in [-0.15, -0.1) is 0 Å². The highest BCUT2D eigenvalue weighted by Crippen LogP contribution is 2.34. The summed E-state index contributed by atoms with van der Waals surface area (Å²) in [5.41, 5.74) is 2.26. The fraction of sp³-hybridized carbons (Fsp3) is 0.190. The smallest absolute Gasteiger partial charge is 0.266 e. The van der Waals surface area contributed by atoms with Crippen LogP contribution in [0.4, 0.5) is 5.69 Å². The van der Waals surface area contributed by atoms with Crippen molar-refractivity contribution in [2.75, 3.05) is 19.8 Å². The van der Waals surface area contributed by atoms with Gasteiger partial charge in [0.05, 0.1) is 35.4 Å². The van der Waals surface area contributed by atoms with Crippen molar-refractivity contribution in [1.82, 2.24) is 4.90 Å². The van der Waals surface area contributed by atoms with Gasteiger partial charge in [0.2, 0.25) is 0 Å². The first kappa shape index (κ1) is 18.9. The van der Waals surface area contributed by atoms with Crippen LogP contribution >= 0.6 is 11.8 Å². The van der Waals surface area contributed by atoms with Crippen LogP contribution in [0.2, 0.25) is 0 Å². The number of thioether (sulfide) groups is 1. The Morgan fingerprint density at radius 2 is 1.93 bits per heavy atom. The molecule has 0 radical (unpaired) electrons. The van der Waals surface area contributed by atoms with Crippen LogP contribution in [0, 0.1) is 11.3 Å². The lowest BCUT2D eigenvalue weighted by Gasteiger charge is -2.15. The van der Waals surface area contributed by atoms with Gasteiger partial charge < -0.3 is 4.74 Å². The number of carbonyl (C=O) groups excluding carboxylic acids is 1.